The van der Waals surface area contributed by atoms with Crippen molar-refractivity contribution < 1.29 is 18.7 Å². The summed E-state index contributed by atoms with van der Waals surface area (Å²) in [5.74, 6) is -1.18. The lowest BCUT2D eigenvalue weighted by atomic mass is 10.00. The highest BCUT2D eigenvalue weighted by atomic mass is 32.2. The molecule has 1 unspecified atom stereocenters. The number of aliphatic hydroxyl groups excluding tert-OH is 1. The third-order valence-corrected chi connectivity index (χ3v) is 4.69. The quantitative estimate of drug-likeness (QED) is 0.701. The Morgan fingerprint density at radius 2 is 1.88 bits per heavy atom. The van der Waals surface area contributed by atoms with Gasteiger partial charge in [-0.15, -0.1) is 0 Å². The van der Waals surface area contributed by atoms with Crippen LogP contribution in [-0.4, -0.2) is 23.2 Å². The summed E-state index contributed by atoms with van der Waals surface area (Å²) >= 11 is 1.20. The van der Waals surface area contributed by atoms with E-state index in [0.717, 1.165) is 11.8 Å². The van der Waals surface area contributed by atoms with Gasteiger partial charge in [0.1, 0.15) is 23.1 Å². The van der Waals surface area contributed by atoms with Crippen molar-refractivity contribution in [2.75, 3.05) is 6.61 Å². The lowest BCUT2D eigenvalue weighted by molar-refractivity contribution is -0.118. The molecule has 0 bridgehead atoms. The molecule has 1 aliphatic rings. The topological polar surface area (TPSA) is 61.4 Å². The van der Waals surface area contributed by atoms with E-state index < -0.39 is 17.3 Å². The van der Waals surface area contributed by atoms with Crippen molar-refractivity contribution in [3.63, 3.8) is 0 Å². The summed E-state index contributed by atoms with van der Waals surface area (Å²) in [5.41, 5.74) is 0.0911. The van der Waals surface area contributed by atoms with Gasteiger partial charge in [-0.1, -0.05) is 25.6 Å². The SMILES string of the molecule is CC(=O)CC1(CCO)NC(Sc2cc(F)cc(F)c2)=C(C(C)C)N1. The summed E-state index contributed by atoms with van der Waals surface area (Å²) in [5, 5.41) is 16.7. The van der Waals surface area contributed by atoms with Crippen molar-refractivity contribution in [3.8, 4) is 0 Å². The fourth-order valence-corrected chi connectivity index (χ4v) is 3.96. The van der Waals surface area contributed by atoms with Crippen molar-refractivity contribution in [3.05, 3.63) is 40.6 Å². The lowest BCUT2D eigenvalue weighted by Crippen LogP contribution is -2.52. The summed E-state index contributed by atoms with van der Waals surface area (Å²) in [7, 11) is 0. The van der Waals surface area contributed by atoms with Crippen LogP contribution in [-0.2, 0) is 4.79 Å². The molecule has 0 amide bonds. The molecule has 2 rings (SSSR count). The predicted molar refractivity (Wildman–Crippen MR) is 90.1 cm³/mol. The number of Topliss-reactive ketones (excluding diaryl/α,β-unsaturated/α-hetero) is 1. The largest absolute Gasteiger partial charge is 0.396 e. The van der Waals surface area contributed by atoms with Gasteiger partial charge in [-0.25, -0.2) is 8.78 Å². The third-order valence-electron chi connectivity index (χ3n) is 3.69. The summed E-state index contributed by atoms with van der Waals surface area (Å²) in [6.07, 6.45) is 0.537. The van der Waals surface area contributed by atoms with E-state index in [9.17, 15) is 18.7 Å². The van der Waals surface area contributed by atoms with Gasteiger partial charge in [-0.05, 0) is 25.0 Å². The van der Waals surface area contributed by atoms with E-state index >= 15 is 0 Å². The second-order valence-electron chi connectivity index (χ2n) is 6.29. The number of halogens is 2. The van der Waals surface area contributed by atoms with Gasteiger partial charge in [0.25, 0.3) is 0 Å². The number of hydrogen-bond acceptors (Lipinski definition) is 5. The maximum atomic E-state index is 13.4. The van der Waals surface area contributed by atoms with Gasteiger partial charge < -0.3 is 15.7 Å². The molecular weight excluding hydrogens is 334 g/mol. The van der Waals surface area contributed by atoms with Crippen molar-refractivity contribution >= 4 is 17.5 Å². The summed E-state index contributed by atoms with van der Waals surface area (Å²) < 4.78 is 26.8. The van der Waals surface area contributed by atoms with Crippen LogP contribution in [0.15, 0.2) is 33.8 Å². The molecule has 3 N–H and O–H groups in total. The molecule has 0 spiro atoms. The number of rotatable bonds is 7. The predicted octanol–water partition coefficient (Wildman–Crippen LogP) is 3.13. The van der Waals surface area contributed by atoms with E-state index in [1.54, 1.807) is 0 Å². The molecule has 0 saturated carbocycles. The molecule has 0 aliphatic carbocycles. The maximum absolute atomic E-state index is 13.4. The minimum absolute atomic E-state index is 0.0189. The van der Waals surface area contributed by atoms with Gasteiger partial charge in [0.15, 0.2) is 0 Å². The number of aliphatic hydroxyl groups is 1. The van der Waals surface area contributed by atoms with E-state index in [-0.39, 0.29) is 24.7 Å². The van der Waals surface area contributed by atoms with E-state index in [4.69, 9.17) is 0 Å². The monoisotopic (exact) mass is 356 g/mol. The van der Waals surface area contributed by atoms with Crippen LogP contribution in [0.25, 0.3) is 0 Å². The zero-order chi connectivity index (χ0) is 17.9. The summed E-state index contributed by atoms with van der Waals surface area (Å²) in [6, 6.07) is 3.35. The Morgan fingerprint density at radius 1 is 1.25 bits per heavy atom. The normalized spacial score (nSPS) is 20.3. The highest BCUT2D eigenvalue weighted by Crippen LogP contribution is 2.37. The molecule has 7 heteroatoms. The number of benzene rings is 1. The molecule has 0 fully saturated rings. The Balaban J connectivity index is 2.30. The van der Waals surface area contributed by atoms with Crippen molar-refractivity contribution in [2.24, 2.45) is 5.92 Å². The molecule has 1 aromatic carbocycles. The number of carbonyl (C=O) groups is 1. The average molecular weight is 356 g/mol. The van der Waals surface area contributed by atoms with Crippen molar-refractivity contribution in [1.82, 2.24) is 10.6 Å². The molecule has 0 radical (unpaired) electrons. The zero-order valence-electron chi connectivity index (χ0n) is 14.0. The molecule has 4 nitrogen and oxygen atoms in total. The molecule has 1 aromatic rings. The van der Waals surface area contributed by atoms with Gasteiger partial charge in [0.2, 0.25) is 0 Å². The molecule has 132 valence electrons. The molecule has 1 atom stereocenters. The molecule has 0 saturated heterocycles. The first-order valence-electron chi connectivity index (χ1n) is 7.79. The fraction of sp³-hybridized carbons (Fsp3) is 0.471. The zero-order valence-corrected chi connectivity index (χ0v) is 14.8. The second kappa shape index (κ2) is 7.53. The summed E-state index contributed by atoms with van der Waals surface area (Å²) in [4.78, 5) is 12.1. The Bertz CT molecular complexity index is 644. The van der Waals surface area contributed by atoms with Crippen molar-refractivity contribution in [2.45, 2.75) is 44.2 Å². The first kappa shape index (κ1) is 18.7. The van der Waals surface area contributed by atoms with Crippen LogP contribution in [0.3, 0.4) is 0 Å². The van der Waals surface area contributed by atoms with Gasteiger partial charge in [0.05, 0.1) is 5.03 Å². The summed E-state index contributed by atoms with van der Waals surface area (Å²) in [6.45, 7) is 5.37. The second-order valence-corrected chi connectivity index (χ2v) is 7.37. The third kappa shape index (κ3) is 4.48. The number of carbonyl (C=O) groups excluding carboxylic acids is 1. The van der Waals surface area contributed by atoms with E-state index in [1.165, 1.54) is 30.8 Å². The van der Waals surface area contributed by atoms with Crippen LogP contribution < -0.4 is 10.6 Å². The minimum Gasteiger partial charge on any atom is -0.396 e. The number of hydrogen-bond donors (Lipinski definition) is 3. The molecule has 0 aromatic heterocycles. The highest BCUT2D eigenvalue weighted by molar-refractivity contribution is 8.03. The molecule has 1 aliphatic heterocycles. The number of ketones is 1. The van der Waals surface area contributed by atoms with Gasteiger partial charge >= 0.3 is 0 Å². The maximum Gasteiger partial charge on any atom is 0.134 e. The number of allylic oxidation sites excluding steroid dienone is 1. The van der Waals surface area contributed by atoms with Gasteiger partial charge in [-0.2, -0.15) is 0 Å². The van der Waals surface area contributed by atoms with E-state index in [0.29, 0.717) is 16.3 Å². The van der Waals surface area contributed by atoms with E-state index in [1.807, 2.05) is 13.8 Å². The molecular formula is C17H22F2N2O2S. The van der Waals surface area contributed by atoms with Crippen LogP contribution in [0, 0.1) is 17.6 Å². The van der Waals surface area contributed by atoms with Crippen LogP contribution >= 0.6 is 11.8 Å². The lowest BCUT2D eigenvalue weighted by Gasteiger charge is -2.31. The Morgan fingerprint density at radius 3 is 2.38 bits per heavy atom. The highest BCUT2D eigenvalue weighted by Gasteiger charge is 2.39. The average Bonchev–Trinajstić information content (AvgIpc) is 2.75. The first-order valence-corrected chi connectivity index (χ1v) is 8.61. The fourth-order valence-electron chi connectivity index (χ4n) is 2.74. The van der Waals surface area contributed by atoms with Crippen LogP contribution in [0.5, 0.6) is 0 Å². The Labute approximate surface area is 144 Å². The molecule has 1 heterocycles. The van der Waals surface area contributed by atoms with Crippen molar-refractivity contribution in [1.29, 1.82) is 0 Å². The van der Waals surface area contributed by atoms with Gasteiger partial charge in [0, 0.05) is 36.1 Å². The Kier molecular flexibility index (Phi) is 5.87. The first-order chi connectivity index (χ1) is 11.2. The van der Waals surface area contributed by atoms with E-state index in [2.05, 4.69) is 10.6 Å². The minimum atomic E-state index is -0.769. The molecule has 24 heavy (non-hydrogen) atoms. The smallest absolute Gasteiger partial charge is 0.134 e. The number of thioether (sulfide) groups is 1. The Hall–Kier alpha value is -1.60. The van der Waals surface area contributed by atoms with Gasteiger partial charge in [-0.3, -0.25) is 4.79 Å². The van der Waals surface area contributed by atoms with Crippen LogP contribution in [0.4, 0.5) is 8.78 Å². The number of nitrogens with one attached hydrogen (secondary N) is 2. The van der Waals surface area contributed by atoms with Crippen LogP contribution in [0.2, 0.25) is 0 Å². The standard InChI is InChI=1S/C17H22F2N2O2S/c1-10(2)15-16(24-14-7-12(18)6-13(19)8-14)21-17(20-15,4-5-22)9-11(3)23/h6-8,10,20-22H,4-5,9H2,1-3H3. The van der Waals surface area contributed by atoms with Crippen LogP contribution in [0.1, 0.15) is 33.6 Å².